The average molecular weight is 235 g/mol. The molecule has 0 unspecified atom stereocenters. The van der Waals surface area contributed by atoms with Crippen molar-refractivity contribution in [3.63, 3.8) is 0 Å². The van der Waals surface area contributed by atoms with E-state index in [2.05, 4.69) is 0 Å². The number of nitrogens with two attached hydrogens (primary N) is 1. The van der Waals surface area contributed by atoms with Crippen LogP contribution in [0, 0.1) is 0 Å². The topological polar surface area (TPSA) is 61.5 Å². The van der Waals surface area contributed by atoms with Gasteiger partial charge >= 0.3 is 5.97 Å². The normalized spacial score (nSPS) is 16.4. The van der Waals surface area contributed by atoms with Crippen LogP contribution < -0.4 is 10.5 Å². The highest BCUT2D eigenvalue weighted by Gasteiger charge is 2.45. The van der Waals surface area contributed by atoms with Crippen molar-refractivity contribution < 1.29 is 14.3 Å². The van der Waals surface area contributed by atoms with Crippen LogP contribution in [-0.4, -0.2) is 26.7 Å². The van der Waals surface area contributed by atoms with Crippen molar-refractivity contribution in [2.45, 2.75) is 18.3 Å². The summed E-state index contributed by atoms with van der Waals surface area (Å²) in [5.74, 6) is 0.460. The van der Waals surface area contributed by atoms with E-state index in [1.165, 1.54) is 7.11 Å². The van der Waals surface area contributed by atoms with E-state index in [1.54, 1.807) is 19.2 Å². The third kappa shape index (κ3) is 2.00. The van der Waals surface area contributed by atoms with Crippen LogP contribution in [0.4, 0.5) is 0 Å². The standard InChI is InChI=1S/C13H17NO3/c1-16-11-4-3-9(12(15)17-2)7-10(11)13(8-14)5-6-13/h3-4,7H,5-6,8,14H2,1-2H3. The summed E-state index contributed by atoms with van der Waals surface area (Å²) in [4.78, 5) is 11.5. The Morgan fingerprint density at radius 1 is 1.41 bits per heavy atom. The SMILES string of the molecule is COC(=O)c1ccc(OC)c(C2(CN)CC2)c1. The largest absolute Gasteiger partial charge is 0.496 e. The Balaban J connectivity index is 2.44. The van der Waals surface area contributed by atoms with Crippen LogP contribution in [0.1, 0.15) is 28.8 Å². The molecule has 0 aromatic heterocycles. The number of carbonyl (C=O) groups excluding carboxylic acids is 1. The van der Waals surface area contributed by atoms with Gasteiger partial charge in [-0.25, -0.2) is 4.79 Å². The fourth-order valence-electron chi connectivity index (χ4n) is 2.10. The van der Waals surface area contributed by atoms with Crippen LogP contribution in [0.3, 0.4) is 0 Å². The van der Waals surface area contributed by atoms with Crippen LogP contribution in [0.2, 0.25) is 0 Å². The molecule has 4 nitrogen and oxygen atoms in total. The third-order valence-electron chi connectivity index (χ3n) is 3.44. The molecule has 0 radical (unpaired) electrons. The maximum Gasteiger partial charge on any atom is 0.337 e. The van der Waals surface area contributed by atoms with Gasteiger partial charge in [0.15, 0.2) is 0 Å². The number of esters is 1. The first-order valence-electron chi connectivity index (χ1n) is 5.64. The molecule has 2 rings (SSSR count). The lowest BCUT2D eigenvalue weighted by Gasteiger charge is -2.17. The van der Waals surface area contributed by atoms with Crippen LogP contribution in [0.15, 0.2) is 18.2 Å². The number of carbonyl (C=O) groups is 1. The van der Waals surface area contributed by atoms with E-state index in [-0.39, 0.29) is 11.4 Å². The Kier molecular flexibility index (Phi) is 3.07. The van der Waals surface area contributed by atoms with Gasteiger partial charge in [0.2, 0.25) is 0 Å². The van der Waals surface area contributed by atoms with Crippen LogP contribution in [0.25, 0.3) is 0 Å². The monoisotopic (exact) mass is 235 g/mol. The molecule has 0 atom stereocenters. The molecular formula is C13H17NO3. The molecule has 1 aromatic rings. The zero-order valence-electron chi connectivity index (χ0n) is 10.2. The fourth-order valence-corrected chi connectivity index (χ4v) is 2.10. The maximum absolute atomic E-state index is 11.5. The molecule has 0 saturated heterocycles. The smallest absolute Gasteiger partial charge is 0.337 e. The van der Waals surface area contributed by atoms with Gasteiger partial charge in [0.1, 0.15) is 5.75 Å². The van der Waals surface area contributed by atoms with Gasteiger partial charge in [-0.3, -0.25) is 0 Å². The number of hydrogen-bond acceptors (Lipinski definition) is 4. The Bertz CT molecular complexity index is 438. The molecule has 0 aliphatic heterocycles. The van der Waals surface area contributed by atoms with Gasteiger partial charge in [-0.1, -0.05) is 0 Å². The van der Waals surface area contributed by atoms with E-state index in [0.717, 1.165) is 24.2 Å². The lowest BCUT2D eigenvalue weighted by atomic mass is 9.93. The Morgan fingerprint density at radius 3 is 2.59 bits per heavy atom. The second kappa shape index (κ2) is 4.37. The molecule has 0 spiro atoms. The molecule has 1 aliphatic rings. The molecule has 2 N–H and O–H groups in total. The number of benzene rings is 1. The molecule has 1 aliphatic carbocycles. The summed E-state index contributed by atoms with van der Waals surface area (Å²) in [7, 11) is 3.01. The summed E-state index contributed by atoms with van der Waals surface area (Å²) in [5.41, 5.74) is 7.37. The first kappa shape index (κ1) is 11.9. The van der Waals surface area contributed by atoms with E-state index in [4.69, 9.17) is 15.2 Å². The summed E-state index contributed by atoms with van der Waals surface area (Å²) >= 11 is 0. The summed E-state index contributed by atoms with van der Waals surface area (Å²) in [6, 6.07) is 5.35. The quantitative estimate of drug-likeness (QED) is 0.803. The minimum Gasteiger partial charge on any atom is -0.496 e. The van der Waals surface area contributed by atoms with Crippen molar-refractivity contribution in [2.24, 2.45) is 5.73 Å². The maximum atomic E-state index is 11.5. The minimum absolute atomic E-state index is 0.00459. The Hall–Kier alpha value is -1.55. The molecule has 1 aromatic carbocycles. The molecule has 4 heteroatoms. The summed E-state index contributed by atoms with van der Waals surface area (Å²) < 4.78 is 10.1. The lowest BCUT2D eigenvalue weighted by Crippen LogP contribution is -2.21. The van der Waals surface area contributed by atoms with Crippen molar-refractivity contribution in [3.05, 3.63) is 29.3 Å². The van der Waals surface area contributed by atoms with Crippen molar-refractivity contribution in [1.82, 2.24) is 0 Å². The van der Waals surface area contributed by atoms with Crippen molar-refractivity contribution in [1.29, 1.82) is 0 Å². The molecule has 0 amide bonds. The van der Waals surface area contributed by atoms with E-state index in [9.17, 15) is 4.79 Å². The Labute approximate surface area is 101 Å². The highest BCUT2D eigenvalue weighted by Crippen LogP contribution is 2.50. The first-order chi connectivity index (χ1) is 8.16. The third-order valence-corrected chi connectivity index (χ3v) is 3.44. The van der Waals surface area contributed by atoms with Crippen molar-refractivity contribution >= 4 is 5.97 Å². The predicted molar refractivity (Wildman–Crippen MR) is 64.3 cm³/mol. The summed E-state index contributed by atoms with van der Waals surface area (Å²) in [6.45, 7) is 0.577. The molecule has 1 fully saturated rings. The second-order valence-corrected chi connectivity index (χ2v) is 4.39. The van der Waals surface area contributed by atoms with Crippen molar-refractivity contribution in [2.75, 3.05) is 20.8 Å². The average Bonchev–Trinajstić information content (AvgIpc) is 3.18. The van der Waals surface area contributed by atoms with E-state index >= 15 is 0 Å². The second-order valence-electron chi connectivity index (χ2n) is 4.39. The zero-order chi connectivity index (χ0) is 12.5. The van der Waals surface area contributed by atoms with Crippen molar-refractivity contribution in [3.8, 4) is 5.75 Å². The minimum atomic E-state index is -0.332. The highest BCUT2D eigenvalue weighted by molar-refractivity contribution is 5.90. The zero-order valence-corrected chi connectivity index (χ0v) is 10.2. The lowest BCUT2D eigenvalue weighted by molar-refractivity contribution is 0.0600. The number of rotatable bonds is 4. The molecular weight excluding hydrogens is 218 g/mol. The van der Waals surface area contributed by atoms with Gasteiger partial charge < -0.3 is 15.2 Å². The van der Waals surface area contributed by atoms with E-state index in [0.29, 0.717) is 12.1 Å². The summed E-state index contributed by atoms with van der Waals surface area (Å²) in [6.07, 6.45) is 2.09. The Morgan fingerprint density at radius 2 is 2.12 bits per heavy atom. The van der Waals surface area contributed by atoms with Crippen LogP contribution >= 0.6 is 0 Å². The van der Waals surface area contributed by atoms with Gasteiger partial charge in [-0.2, -0.15) is 0 Å². The van der Waals surface area contributed by atoms with Gasteiger partial charge in [-0.15, -0.1) is 0 Å². The van der Waals surface area contributed by atoms with Crippen LogP contribution in [0.5, 0.6) is 5.75 Å². The number of ether oxygens (including phenoxy) is 2. The molecule has 0 bridgehead atoms. The molecule has 17 heavy (non-hydrogen) atoms. The van der Waals surface area contributed by atoms with E-state index < -0.39 is 0 Å². The molecule has 0 heterocycles. The fraction of sp³-hybridized carbons (Fsp3) is 0.462. The number of hydrogen-bond donors (Lipinski definition) is 1. The first-order valence-corrected chi connectivity index (χ1v) is 5.64. The summed E-state index contributed by atoms with van der Waals surface area (Å²) in [5, 5.41) is 0. The molecule has 92 valence electrons. The number of methoxy groups -OCH3 is 2. The molecule has 1 saturated carbocycles. The predicted octanol–water partition coefficient (Wildman–Crippen LogP) is 1.47. The van der Waals surface area contributed by atoms with Gasteiger partial charge in [-0.05, 0) is 31.0 Å². The van der Waals surface area contributed by atoms with Gasteiger partial charge in [0.25, 0.3) is 0 Å². The highest BCUT2D eigenvalue weighted by atomic mass is 16.5. The van der Waals surface area contributed by atoms with Crippen LogP contribution in [-0.2, 0) is 10.2 Å². The van der Waals surface area contributed by atoms with Gasteiger partial charge in [0, 0.05) is 17.5 Å². The van der Waals surface area contributed by atoms with E-state index in [1.807, 2.05) is 6.07 Å². The van der Waals surface area contributed by atoms with Gasteiger partial charge in [0.05, 0.1) is 19.8 Å².